The molecule has 3 rings (SSSR count). The molecule has 1 saturated carbocycles. The molecule has 20 heavy (non-hydrogen) atoms. The fraction of sp³-hybridized carbons (Fsp3) is 0.467. The second-order valence-corrected chi connectivity index (χ2v) is 5.41. The smallest absolute Gasteiger partial charge is 0.230 e. The molecule has 0 spiro atoms. The number of pyridine rings is 1. The number of Topliss-reactive ketones (excluding diaryl/α,β-unsaturated/α-hetero) is 1. The van der Waals surface area contributed by atoms with E-state index >= 15 is 0 Å². The molecule has 0 atom stereocenters. The first kappa shape index (κ1) is 13.0. The highest BCUT2D eigenvalue weighted by molar-refractivity contribution is 5.79. The number of ketones is 1. The lowest BCUT2D eigenvalue weighted by atomic mass is 9.88. The van der Waals surface area contributed by atoms with Gasteiger partial charge in [0, 0.05) is 35.7 Å². The van der Waals surface area contributed by atoms with Crippen molar-refractivity contribution in [2.45, 2.75) is 45.4 Å². The third kappa shape index (κ3) is 2.61. The summed E-state index contributed by atoms with van der Waals surface area (Å²) >= 11 is 0. The Bertz CT molecular complexity index is 618. The van der Waals surface area contributed by atoms with Crippen LogP contribution in [0.3, 0.4) is 0 Å². The maximum Gasteiger partial charge on any atom is 0.230 e. The number of aryl methyl sites for hydroxylation is 2. The van der Waals surface area contributed by atoms with Crippen molar-refractivity contribution in [3.8, 4) is 11.4 Å². The van der Waals surface area contributed by atoms with Crippen molar-refractivity contribution in [1.82, 2.24) is 15.1 Å². The van der Waals surface area contributed by atoms with Crippen LogP contribution in [-0.4, -0.2) is 20.9 Å². The van der Waals surface area contributed by atoms with Gasteiger partial charge in [-0.2, -0.15) is 4.98 Å². The lowest BCUT2D eigenvalue weighted by Gasteiger charge is -2.16. The summed E-state index contributed by atoms with van der Waals surface area (Å²) in [6.45, 7) is 3.90. The lowest BCUT2D eigenvalue weighted by Crippen LogP contribution is -2.12. The van der Waals surface area contributed by atoms with Crippen LogP contribution in [0.5, 0.6) is 0 Å². The van der Waals surface area contributed by atoms with E-state index in [4.69, 9.17) is 4.52 Å². The van der Waals surface area contributed by atoms with Gasteiger partial charge in [-0.05, 0) is 38.8 Å². The van der Waals surface area contributed by atoms with Gasteiger partial charge in [-0.1, -0.05) is 5.16 Å². The molecule has 0 unspecified atom stereocenters. The van der Waals surface area contributed by atoms with Gasteiger partial charge in [0.05, 0.1) is 0 Å². The van der Waals surface area contributed by atoms with Crippen LogP contribution in [0.4, 0.5) is 0 Å². The fourth-order valence-electron chi connectivity index (χ4n) is 2.67. The van der Waals surface area contributed by atoms with Gasteiger partial charge in [0.15, 0.2) is 0 Å². The average molecular weight is 271 g/mol. The highest BCUT2D eigenvalue weighted by Gasteiger charge is 2.25. The molecular weight excluding hydrogens is 254 g/mol. The molecule has 2 heterocycles. The molecule has 0 aliphatic heterocycles. The monoisotopic (exact) mass is 271 g/mol. The van der Waals surface area contributed by atoms with E-state index in [0.717, 1.165) is 29.8 Å². The lowest BCUT2D eigenvalue weighted by molar-refractivity contribution is -0.120. The number of aromatic nitrogens is 3. The molecule has 0 aromatic carbocycles. The predicted octanol–water partition coefficient (Wildman–Crippen LogP) is 2.98. The molecule has 0 bridgehead atoms. The minimum Gasteiger partial charge on any atom is -0.339 e. The van der Waals surface area contributed by atoms with E-state index in [1.165, 1.54) is 0 Å². The van der Waals surface area contributed by atoms with E-state index in [0.29, 0.717) is 30.3 Å². The molecule has 5 heteroatoms. The predicted molar refractivity (Wildman–Crippen MR) is 73.2 cm³/mol. The minimum absolute atomic E-state index is 0.220. The van der Waals surface area contributed by atoms with Crippen molar-refractivity contribution < 1.29 is 9.32 Å². The third-order valence-corrected chi connectivity index (χ3v) is 3.67. The maximum absolute atomic E-state index is 11.3. The van der Waals surface area contributed by atoms with Gasteiger partial charge in [0.2, 0.25) is 11.7 Å². The Morgan fingerprint density at radius 3 is 2.40 bits per heavy atom. The van der Waals surface area contributed by atoms with Gasteiger partial charge in [0.1, 0.15) is 5.78 Å². The van der Waals surface area contributed by atoms with Crippen molar-refractivity contribution >= 4 is 5.78 Å². The second-order valence-electron chi connectivity index (χ2n) is 5.41. The second kappa shape index (κ2) is 5.15. The van der Waals surface area contributed by atoms with Gasteiger partial charge in [-0.3, -0.25) is 9.78 Å². The Hall–Kier alpha value is -2.04. The molecule has 0 N–H and O–H groups in total. The van der Waals surface area contributed by atoms with Crippen molar-refractivity contribution in [3.63, 3.8) is 0 Å². The van der Waals surface area contributed by atoms with Crippen LogP contribution in [0.1, 0.15) is 48.9 Å². The summed E-state index contributed by atoms with van der Waals surface area (Å²) in [5, 5.41) is 4.06. The summed E-state index contributed by atoms with van der Waals surface area (Å²) in [5.41, 5.74) is 2.81. The van der Waals surface area contributed by atoms with Crippen molar-refractivity contribution in [3.05, 3.63) is 29.4 Å². The van der Waals surface area contributed by atoms with Gasteiger partial charge < -0.3 is 4.52 Å². The van der Waals surface area contributed by atoms with Gasteiger partial charge in [0.25, 0.3) is 0 Å². The molecule has 1 fully saturated rings. The van der Waals surface area contributed by atoms with E-state index in [9.17, 15) is 4.79 Å². The quantitative estimate of drug-likeness (QED) is 0.839. The van der Waals surface area contributed by atoms with E-state index in [1.807, 2.05) is 26.0 Å². The molecule has 5 nitrogen and oxygen atoms in total. The normalized spacial score (nSPS) is 16.6. The van der Waals surface area contributed by atoms with Crippen LogP contribution in [-0.2, 0) is 4.79 Å². The summed E-state index contributed by atoms with van der Waals surface area (Å²) in [6.07, 6.45) is 2.87. The van der Waals surface area contributed by atoms with Crippen LogP contribution < -0.4 is 0 Å². The largest absolute Gasteiger partial charge is 0.339 e. The summed E-state index contributed by atoms with van der Waals surface area (Å²) in [4.78, 5) is 20.1. The fourth-order valence-corrected chi connectivity index (χ4v) is 2.67. The van der Waals surface area contributed by atoms with Crippen molar-refractivity contribution in [2.24, 2.45) is 0 Å². The standard InChI is InChI=1S/C15H17N3O2/c1-9-7-12(8-10(2)16-9)14-17-15(20-18-14)11-3-5-13(19)6-4-11/h7-8,11H,3-6H2,1-2H3. The summed E-state index contributed by atoms with van der Waals surface area (Å²) in [5.74, 6) is 1.81. The SMILES string of the molecule is Cc1cc(-c2noc(C3CCC(=O)CC3)n2)cc(C)n1. The maximum atomic E-state index is 11.3. The molecule has 104 valence electrons. The van der Waals surface area contributed by atoms with E-state index in [-0.39, 0.29) is 5.92 Å². The summed E-state index contributed by atoms with van der Waals surface area (Å²) in [6, 6.07) is 3.90. The molecule has 0 amide bonds. The first-order chi connectivity index (χ1) is 9.61. The molecule has 1 aliphatic rings. The third-order valence-electron chi connectivity index (χ3n) is 3.67. The van der Waals surface area contributed by atoms with E-state index in [1.54, 1.807) is 0 Å². The number of hydrogen-bond acceptors (Lipinski definition) is 5. The van der Waals surface area contributed by atoms with Crippen LogP contribution in [0.2, 0.25) is 0 Å². The Balaban J connectivity index is 1.84. The molecule has 1 aliphatic carbocycles. The van der Waals surface area contributed by atoms with Gasteiger partial charge in [-0.15, -0.1) is 0 Å². The van der Waals surface area contributed by atoms with Crippen molar-refractivity contribution in [2.75, 3.05) is 0 Å². The highest BCUT2D eigenvalue weighted by atomic mass is 16.5. The van der Waals surface area contributed by atoms with Gasteiger partial charge in [-0.25, -0.2) is 0 Å². The number of nitrogens with zero attached hydrogens (tertiary/aromatic N) is 3. The average Bonchev–Trinajstić information content (AvgIpc) is 2.88. The number of hydrogen-bond donors (Lipinski definition) is 0. The Morgan fingerprint density at radius 2 is 1.75 bits per heavy atom. The molecule has 0 saturated heterocycles. The molecule has 2 aromatic rings. The number of rotatable bonds is 2. The van der Waals surface area contributed by atoms with Crippen LogP contribution >= 0.6 is 0 Å². The number of carbonyl (C=O) groups excluding carboxylic acids is 1. The Morgan fingerprint density at radius 1 is 1.10 bits per heavy atom. The molecular formula is C15H17N3O2. The Kier molecular flexibility index (Phi) is 3.34. The molecule has 0 radical (unpaired) electrons. The topological polar surface area (TPSA) is 68.9 Å². The van der Waals surface area contributed by atoms with Crippen LogP contribution in [0, 0.1) is 13.8 Å². The zero-order chi connectivity index (χ0) is 14.1. The number of carbonyl (C=O) groups is 1. The minimum atomic E-state index is 0.220. The first-order valence-electron chi connectivity index (χ1n) is 6.93. The zero-order valence-electron chi connectivity index (χ0n) is 11.7. The highest BCUT2D eigenvalue weighted by Crippen LogP contribution is 2.31. The summed E-state index contributed by atoms with van der Waals surface area (Å²) < 4.78 is 5.38. The van der Waals surface area contributed by atoms with Gasteiger partial charge >= 0.3 is 0 Å². The van der Waals surface area contributed by atoms with Crippen LogP contribution in [0.25, 0.3) is 11.4 Å². The van der Waals surface area contributed by atoms with Crippen LogP contribution in [0.15, 0.2) is 16.7 Å². The molecule has 2 aromatic heterocycles. The zero-order valence-corrected chi connectivity index (χ0v) is 11.7. The van der Waals surface area contributed by atoms with E-state index < -0.39 is 0 Å². The first-order valence-corrected chi connectivity index (χ1v) is 6.93. The van der Waals surface area contributed by atoms with E-state index in [2.05, 4.69) is 15.1 Å². The Labute approximate surface area is 117 Å². The van der Waals surface area contributed by atoms with Crippen molar-refractivity contribution in [1.29, 1.82) is 0 Å². The summed E-state index contributed by atoms with van der Waals surface area (Å²) in [7, 11) is 0.